The Bertz CT molecular complexity index is 623. The topological polar surface area (TPSA) is 9.23 Å². The van der Waals surface area contributed by atoms with E-state index >= 15 is 0 Å². The van der Waals surface area contributed by atoms with Gasteiger partial charge in [-0.2, -0.15) is 13.2 Å². The van der Waals surface area contributed by atoms with E-state index in [-0.39, 0.29) is 5.75 Å². The van der Waals surface area contributed by atoms with Crippen LogP contribution in [0.1, 0.15) is 22.1 Å². The highest BCUT2D eigenvalue weighted by molar-refractivity contribution is 6.22. The third-order valence-electron chi connectivity index (χ3n) is 3.00. The highest BCUT2D eigenvalue weighted by atomic mass is 35.5. The fourth-order valence-electron chi connectivity index (χ4n) is 1.87. The van der Waals surface area contributed by atoms with Crippen LogP contribution in [0.4, 0.5) is 17.6 Å². The first-order chi connectivity index (χ1) is 9.82. The number of benzene rings is 2. The predicted octanol–water partition coefficient (Wildman–Crippen LogP) is 5.18. The van der Waals surface area contributed by atoms with E-state index in [4.69, 9.17) is 16.3 Å². The second-order valence-electron chi connectivity index (χ2n) is 4.38. The lowest BCUT2D eigenvalue weighted by Gasteiger charge is -2.13. The van der Waals surface area contributed by atoms with Gasteiger partial charge in [0.25, 0.3) is 0 Å². The van der Waals surface area contributed by atoms with Crippen LogP contribution in [0.2, 0.25) is 0 Å². The van der Waals surface area contributed by atoms with Crippen LogP contribution in [0.25, 0.3) is 0 Å². The van der Waals surface area contributed by atoms with Crippen LogP contribution < -0.4 is 4.74 Å². The summed E-state index contributed by atoms with van der Waals surface area (Å²) in [6.45, 7) is 0. The molecule has 21 heavy (non-hydrogen) atoms. The van der Waals surface area contributed by atoms with Crippen molar-refractivity contribution in [2.24, 2.45) is 0 Å². The lowest BCUT2D eigenvalue weighted by atomic mass is 10.0. The zero-order valence-corrected chi connectivity index (χ0v) is 11.7. The van der Waals surface area contributed by atoms with Gasteiger partial charge in [-0.05, 0) is 35.4 Å². The standard InChI is InChI=1S/C15H11ClF4O/c1-21-13-7-4-10(8-12(13)17)14(16)9-2-5-11(6-3-9)15(18,19)20/h2-8,14H,1H3. The maximum Gasteiger partial charge on any atom is 0.416 e. The van der Waals surface area contributed by atoms with Crippen molar-refractivity contribution in [3.63, 3.8) is 0 Å². The fraction of sp³-hybridized carbons (Fsp3) is 0.200. The van der Waals surface area contributed by atoms with Crippen LogP contribution in [-0.4, -0.2) is 7.11 Å². The number of alkyl halides is 4. The zero-order valence-electron chi connectivity index (χ0n) is 10.9. The molecule has 2 aromatic rings. The molecular formula is C15H11ClF4O. The molecule has 0 saturated heterocycles. The number of hydrogen-bond acceptors (Lipinski definition) is 1. The lowest BCUT2D eigenvalue weighted by Crippen LogP contribution is -2.05. The molecule has 0 radical (unpaired) electrons. The molecular weight excluding hydrogens is 308 g/mol. The molecule has 0 amide bonds. The third kappa shape index (κ3) is 3.47. The minimum absolute atomic E-state index is 0.0787. The molecule has 0 aliphatic heterocycles. The molecule has 1 nitrogen and oxygen atoms in total. The summed E-state index contributed by atoms with van der Waals surface area (Å²) in [6, 6.07) is 8.65. The van der Waals surface area contributed by atoms with Gasteiger partial charge < -0.3 is 4.74 Å². The molecule has 2 aromatic carbocycles. The normalized spacial score (nSPS) is 13.0. The van der Waals surface area contributed by atoms with Crippen molar-refractivity contribution in [2.75, 3.05) is 7.11 Å². The Kier molecular flexibility index (Phi) is 4.42. The lowest BCUT2D eigenvalue weighted by molar-refractivity contribution is -0.137. The van der Waals surface area contributed by atoms with E-state index in [1.165, 1.54) is 31.4 Å². The van der Waals surface area contributed by atoms with Gasteiger partial charge in [0.1, 0.15) is 0 Å². The van der Waals surface area contributed by atoms with Gasteiger partial charge in [0.15, 0.2) is 11.6 Å². The minimum atomic E-state index is -4.40. The number of hydrogen-bond donors (Lipinski definition) is 0. The van der Waals surface area contributed by atoms with E-state index in [9.17, 15) is 17.6 Å². The molecule has 0 aliphatic carbocycles. The SMILES string of the molecule is COc1ccc(C(Cl)c2ccc(C(F)(F)F)cc2)cc1F. The van der Waals surface area contributed by atoms with Crippen molar-refractivity contribution < 1.29 is 22.3 Å². The second kappa shape index (κ2) is 5.93. The van der Waals surface area contributed by atoms with Crippen molar-refractivity contribution in [3.05, 3.63) is 65.0 Å². The number of halogens is 5. The summed E-state index contributed by atoms with van der Waals surface area (Å²) in [5.74, 6) is -0.498. The average molecular weight is 319 g/mol. The van der Waals surface area contributed by atoms with Crippen molar-refractivity contribution in [1.29, 1.82) is 0 Å². The second-order valence-corrected chi connectivity index (χ2v) is 4.81. The molecule has 6 heteroatoms. The number of methoxy groups -OCH3 is 1. The monoisotopic (exact) mass is 318 g/mol. The Hall–Kier alpha value is -1.75. The van der Waals surface area contributed by atoms with Gasteiger partial charge in [-0.1, -0.05) is 18.2 Å². The van der Waals surface area contributed by atoms with Crippen molar-refractivity contribution in [1.82, 2.24) is 0 Å². The number of ether oxygens (including phenoxy) is 1. The zero-order chi connectivity index (χ0) is 15.6. The molecule has 0 heterocycles. The predicted molar refractivity (Wildman–Crippen MR) is 72.1 cm³/mol. The Labute approximate surface area is 124 Å². The van der Waals surface area contributed by atoms with Crippen LogP contribution >= 0.6 is 11.6 Å². The maximum absolute atomic E-state index is 13.6. The Morgan fingerprint density at radius 1 is 1.00 bits per heavy atom. The van der Waals surface area contributed by atoms with Crippen LogP contribution in [0.15, 0.2) is 42.5 Å². The molecule has 0 saturated carbocycles. The highest BCUT2D eigenvalue weighted by Gasteiger charge is 2.30. The molecule has 0 fully saturated rings. The van der Waals surface area contributed by atoms with Crippen molar-refractivity contribution >= 4 is 11.6 Å². The average Bonchev–Trinajstić information content (AvgIpc) is 2.45. The van der Waals surface area contributed by atoms with Crippen molar-refractivity contribution in [3.8, 4) is 5.75 Å². The molecule has 0 spiro atoms. The first-order valence-electron chi connectivity index (χ1n) is 5.97. The van der Waals surface area contributed by atoms with E-state index in [0.29, 0.717) is 11.1 Å². The van der Waals surface area contributed by atoms with Gasteiger partial charge in [0, 0.05) is 0 Å². The molecule has 0 N–H and O–H groups in total. The maximum atomic E-state index is 13.6. The summed E-state index contributed by atoms with van der Waals surface area (Å²) < 4.78 is 55.9. The first kappa shape index (κ1) is 15.6. The molecule has 112 valence electrons. The summed E-state index contributed by atoms with van der Waals surface area (Å²) in [5.41, 5.74) is 0.139. The van der Waals surface area contributed by atoms with E-state index in [0.717, 1.165) is 12.1 Å². The van der Waals surface area contributed by atoms with Crippen LogP contribution in [0.3, 0.4) is 0 Å². The fourth-order valence-corrected chi connectivity index (χ4v) is 2.16. The van der Waals surface area contributed by atoms with Crippen LogP contribution in [0.5, 0.6) is 5.75 Å². The van der Waals surface area contributed by atoms with E-state index in [1.807, 2.05) is 0 Å². The molecule has 2 rings (SSSR count). The van der Waals surface area contributed by atoms with Crippen LogP contribution in [-0.2, 0) is 6.18 Å². The highest BCUT2D eigenvalue weighted by Crippen LogP contribution is 2.34. The molecule has 0 aliphatic rings. The van der Waals surface area contributed by atoms with E-state index in [1.54, 1.807) is 6.07 Å². The summed E-state index contributed by atoms with van der Waals surface area (Å²) in [5, 5.41) is -0.743. The van der Waals surface area contributed by atoms with Gasteiger partial charge in [-0.3, -0.25) is 0 Å². The third-order valence-corrected chi connectivity index (χ3v) is 3.50. The van der Waals surface area contributed by atoms with Gasteiger partial charge in [-0.25, -0.2) is 4.39 Å². The molecule has 0 aromatic heterocycles. The van der Waals surface area contributed by atoms with Gasteiger partial charge in [-0.15, -0.1) is 11.6 Å². The quantitative estimate of drug-likeness (QED) is 0.559. The summed E-state index contributed by atoms with van der Waals surface area (Å²) in [7, 11) is 1.34. The molecule has 1 unspecified atom stereocenters. The Balaban J connectivity index is 2.27. The van der Waals surface area contributed by atoms with Crippen LogP contribution in [0, 0.1) is 5.82 Å². The largest absolute Gasteiger partial charge is 0.494 e. The number of rotatable bonds is 3. The summed E-state index contributed by atoms with van der Waals surface area (Å²) in [4.78, 5) is 0. The van der Waals surface area contributed by atoms with Crippen molar-refractivity contribution in [2.45, 2.75) is 11.6 Å². The Morgan fingerprint density at radius 3 is 2.05 bits per heavy atom. The van der Waals surface area contributed by atoms with Gasteiger partial charge in [0.05, 0.1) is 18.1 Å². The first-order valence-corrected chi connectivity index (χ1v) is 6.41. The summed E-state index contributed by atoms with van der Waals surface area (Å²) in [6.07, 6.45) is -4.40. The van der Waals surface area contributed by atoms with Gasteiger partial charge >= 0.3 is 6.18 Å². The van der Waals surface area contributed by atoms with Gasteiger partial charge in [0.2, 0.25) is 0 Å². The van der Waals surface area contributed by atoms with E-state index < -0.39 is 22.9 Å². The minimum Gasteiger partial charge on any atom is -0.494 e. The summed E-state index contributed by atoms with van der Waals surface area (Å²) >= 11 is 6.18. The Morgan fingerprint density at radius 2 is 1.57 bits per heavy atom. The molecule has 0 bridgehead atoms. The van der Waals surface area contributed by atoms with E-state index in [2.05, 4.69) is 0 Å². The smallest absolute Gasteiger partial charge is 0.416 e. The molecule has 1 atom stereocenters.